The van der Waals surface area contributed by atoms with Gasteiger partial charge in [-0.2, -0.15) is 0 Å². The van der Waals surface area contributed by atoms with E-state index in [1.165, 1.54) is 0 Å². The van der Waals surface area contributed by atoms with Crippen molar-refractivity contribution >= 4 is 11.7 Å². The molecule has 0 radical (unpaired) electrons. The summed E-state index contributed by atoms with van der Waals surface area (Å²) in [5, 5.41) is 6.22. The number of carbonyl (C=O) groups excluding carboxylic acids is 1. The highest BCUT2D eigenvalue weighted by Gasteiger charge is 2.68. The summed E-state index contributed by atoms with van der Waals surface area (Å²) >= 11 is 0. The van der Waals surface area contributed by atoms with Crippen molar-refractivity contribution in [3.63, 3.8) is 0 Å². The summed E-state index contributed by atoms with van der Waals surface area (Å²) in [5.74, 6) is 1.09. The maximum absolute atomic E-state index is 12.8. The van der Waals surface area contributed by atoms with E-state index in [0.29, 0.717) is 37.8 Å². The molecule has 3 aliphatic rings. The van der Waals surface area contributed by atoms with Gasteiger partial charge >= 0.3 is 11.7 Å². The second kappa shape index (κ2) is 4.75. The van der Waals surface area contributed by atoms with E-state index in [4.69, 9.17) is 0 Å². The van der Waals surface area contributed by atoms with Gasteiger partial charge in [-0.15, -0.1) is 0 Å². The van der Waals surface area contributed by atoms with Crippen LogP contribution in [0, 0.1) is 4.91 Å². The molecule has 0 aromatic rings. The molecule has 108 valence electrons. The van der Waals surface area contributed by atoms with E-state index in [1.807, 2.05) is 6.92 Å². The van der Waals surface area contributed by atoms with Gasteiger partial charge in [-0.05, 0) is 15.9 Å². The van der Waals surface area contributed by atoms with Gasteiger partial charge < -0.3 is 0 Å². The van der Waals surface area contributed by atoms with Gasteiger partial charge in [-0.3, -0.25) is 10.6 Å². The van der Waals surface area contributed by atoms with E-state index in [9.17, 15) is 9.70 Å². The Morgan fingerprint density at radius 3 is 2.95 bits per heavy atom. The molecular formula is C13H21N5O2+2. The number of nitrogens with zero attached hydrogens (tertiary/aromatic N) is 3. The van der Waals surface area contributed by atoms with Crippen LogP contribution in [0.15, 0.2) is 16.4 Å². The van der Waals surface area contributed by atoms with Crippen LogP contribution in [-0.2, 0) is 4.79 Å². The molecule has 0 spiro atoms. The normalized spacial score (nSPS) is 32.1. The lowest BCUT2D eigenvalue weighted by Crippen LogP contribution is -2.58. The lowest BCUT2D eigenvalue weighted by molar-refractivity contribution is -1.22. The van der Waals surface area contributed by atoms with Crippen molar-refractivity contribution in [1.82, 2.24) is 10.6 Å². The van der Waals surface area contributed by atoms with Crippen LogP contribution in [0.25, 0.3) is 0 Å². The van der Waals surface area contributed by atoms with Crippen molar-refractivity contribution in [1.29, 1.82) is 0 Å². The van der Waals surface area contributed by atoms with Crippen molar-refractivity contribution in [3.8, 4) is 0 Å². The van der Waals surface area contributed by atoms with Crippen LogP contribution in [-0.4, -0.2) is 47.0 Å². The summed E-state index contributed by atoms with van der Waals surface area (Å²) in [4.78, 5) is 30.9. The molecule has 0 bridgehead atoms. The Kier molecular flexibility index (Phi) is 3.18. The molecule has 3 rings (SSSR count). The summed E-state index contributed by atoms with van der Waals surface area (Å²) in [5.41, 5.74) is 0.853. The van der Waals surface area contributed by atoms with Crippen molar-refractivity contribution < 1.29 is 14.3 Å². The predicted octanol–water partition coefficient (Wildman–Crippen LogP) is 0.390. The maximum atomic E-state index is 12.8. The van der Waals surface area contributed by atoms with Gasteiger partial charge in [0.1, 0.15) is 13.2 Å². The number of fused-ring (bicyclic) bond motifs is 2. The highest BCUT2D eigenvalue weighted by atomic mass is 16.4. The number of hydrogen-bond donors (Lipinski definition) is 2. The number of amidine groups is 1. The number of unbranched alkanes of at least 4 members (excludes halogenated alkanes) is 1. The summed E-state index contributed by atoms with van der Waals surface area (Å²) in [7, 11) is 0. The third kappa shape index (κ3) is 1.53. The Morgan fingerprint density at radius 1 is 1.45 bits per heavy atom. The summed E-state index contributed by atoms with van der Waals surface area (Å²) in [6.07, 6.45) is 2.42. The number of nitroso groups, excluding NO2 is 1. The Bertz CT molecular complexity index is 539. The van der Waals surface area contributed by atoms with Gasteiger partial charge in [0.2, 0.25) is 0 Å². The average Bonchev–Trinajstić information content (AvgIpc) is 2.90. The van der Waals surface area contributed by atoms with Crippen LogP contribution in [0.1, 0.15) is 33.1 Å². The van der Waals surface area contributed by atoms with E-state index in [-0.39, 0.29) is 16.5 Å². The quantitative estimate of drug-likeness (QED) is 0.577. The number of aliphatic imine (C=N–C) groups is 1. The third-order valence-electron chi connectivity index (χ3n) is 4.24. The number of nitrogens with one attached hydrogen (secondary N) is 2. The minimum absolute atomic E-state index is 0.0813. The fourth-order valence-electron chi connectivity index (χ4n) is 3.15. The Morgan fingerprint density at radius 2 is 2.25 bits per heavy atom. The van der Waals surface area contributed by atoms with Gasteiger partial charge in [-0.1, -0.05) is 20.3 Å². The summed E-state index contributed by atoms with van der Waals surface area (Å²) < 4.78 is -0.258. The van der Waals surface area contributed by atoms with Gasteiger partial charge in [0.05, 0.1) is 0 Å². The van der Waals surface area contributed by atoms with Crippen LogP contribution in [0.4, 0.5) is 0 Å². The third-order valence-corrected chi connectivity index (χ3v) is 4.24. The highest BCUT2D eigenvalue weighted by molar-refractivity contribution is 6.05. The average molecular weight is 279 g/mol. The fourth-order valence-corrected chi connectivity index (χ4v) is 3.15. The standard InChI is InChI=1S/C13H21N5O2/c1-3-5-6-18-12(16-10(4-2)13(18)19)9-7-14-8-15-11(9)17(18)20/h10,14-15H,3-8H2,1-2H3/q+2. The molecule has 7 nitrogen and oxygen atoms in total. The smallest absolute Gasteiger partial charge is 0.277 e. The SMILES string of the molecule is CCCC[N+]12C(=O)C(CC)N=C1C1=C(NCNC1)[N+]2=O. The Balaban J connectivity index is 2.08. The molecule has 2 unspecified atom stereocenters. The topological polar surface area (TPSA) is 73.6 Å². The van der Waals surface area contributed by atoms with E-state index < -0.39 is 0 Å². The number of carbonyl (C=O) groups is 1. The molecule has 0 aromatic carbocycles. The van der Waals surface area contributed by atoms with Gasteiger partial charge in [0.25, 0.3) is 5.84 Å². The fraction of sp³-hybridized carbons (Fsp3) is 0.692. The molecule has 20 heavy (non-hydrogen) atoms. The van der Waals surface area contributed by atoms with Crippen molar-refractivity contribution in [2.75, 3.05) is 19.8 Å². The Hall–Kier alpha value is -1.60. The molecule has 2 N–H and O–H groups in total. The number of hydrogen-bond acceptors (Lipinski definition) is 5. The monoisotopic (exact) mass is 279 g/mol. The maximum Gasteiger partial charge on any atom is 0.389 e. The first kappa shape index (κ1) is 13.4. The molecule has 1 amide bonds. The number of rotatable bonds is 4. The second-order valence-electron chi connectivity index (χ2n) is 5.44. The van der Waals surface area contributed by atoms with Crippen molar-refractivity contribution in [2.24, 2.45) is 4.99 Å². The van der Waals surface area contributed by atoms with E-state index in [1.54, 1.807) is 0 Å². The highest BCUT2D eigenvalue weighted by Crippen LogP contribution is 2.36. The summed E-state index contributed by atoms with van der Waals surface area (Å²) in [6.45, 7) is 5.64. The summed E-state index contributed by atoms with van der Waals surface area (Å²) in [6, 6.07) is -0.380. The van der Waals surface area contributed by atoms with Crippen LogP contribution in [0.5, 0.6) is 0 Å². The molecule has 0 saturated carbocycles. The first-order valence-electron chi connectivity index (χ1n) is 7.33. The molecular weight excluding hydrogens is 258 g/mol. The molecule has 3 aliphatic heterocycles. The molecule has 0 saturated heterocycles. The Labute approximate surface area is 117 Å². The van der Waals surface area contributed by atoms with E-state index in [0.717, 1.165) is 23.3 Å². The van der Waals surface area contributed by atoms with Crippen LogP contribution in [0.2, 0.25) is 0 Å². The zero-order valence-corrected chi connectivity index (χ0v) is 12.0. The van der Waals surface area contributed by atoms with E-state index in [2.05, 4.69) is 22.5 Å². The number of quaternary nitrogens is 1. The molecule has 0 fully saturated rings. The molecule has 2 atom stereocenters. The van der Waals surface area contributed by atoms with Gasteiger partial charge in [0.15, 0.2) is 16.5 Å². The largest absolute Gasteiger partial charge is 0.389 e. The molecule has 7 heteroatoms. The van der Waals surface area contributed by atoms with E-state index >= 15 is 0 Å². The number of amides is 1. The molecule has 0 aromatic heterocycles. The molecule has 0 aliphatic carbocycles. The van der Waals surface area contributed by atoms with Crippen molar-refractivity contribution in [3.05, 3.63) is 16.3 Å². The zero-order chi connectivity index (χ0) is 14.3. The molecule has 3 heterocycles. The van der Waals surface area contributed by atoms with Gasteiger partial charge in [0, 0.05) is 13.0 Å². The lowest BCUT2D eigenvalue weighted by atomic mass is 10.2. The lowest BCUT2D eigenvalue weighted by Gasteiger charge is -2.20. The van der Waals surface area contributed by atoms with Crippen LogP contribution < -0.4 is 10.6 Å². The predicted molar refractivity (Wildman–Crippen MR) is 73.2 cm³/mol. The van der Waals surface area contributed by atoms with Crippen molar-refractivity contribution in [2.45, 2.75) is 39.2 Å². The minimum Gasteiger partial charge on any atom is -0.277 e. The second-order valence-corrected chi connectivity index (χ2v) is 5.44. The minimum atomic E-state index is -0.380. The first-order chi connectivity index (χ1) is 9.66. The van der Waals surface area contributed by atoms with Crippen LogP contribution in [0.3, 0.4) is 0 Å². The zero-order valence-electron chi connectivity index (χ0n) is 12.0. The first-order valence-corrected chi connectivity index (χ1v) is 7.33. The van der Waals surface area contributed by atoms with Gasteiger partial charge in [-0.25, -0.2) is 9.79 Å². The van der Waals surface area contributed by atoms with Crippen LogP contribution >= 0.6 is 0 Å².